The number of aromatic amines is 2. The summed E-state index contributed by atoms with van der Waals surface area (Å²) in [6.45, 7) is -1.56. The molecule has 2 aromatic rings. The Bertz CT molecular complexity index is 1840. The molecule has 8 atom stereocenters. The Morgan fingerprint density at radius 1 is 0.875 bits per heavy atom. The van der Waals surface area contributed by atoms with E-state index in [1.165, 1.54) is 36.9 Å². The lowest BCUT2D eigenvalue weighted by Crippen LogP contribution is -2.34. The average Bonchev–Trinajstić information content (AvgIpc) is 3.60. The van der Waals surface area contributed by atoms with Gasteiger partial charge in [-0.1, -0.05) is 12.2 Å². The fourth-order valence-electron chi connectivity index (χ4n) is 4.91. The van der Waals surface area contributed by atoms with E-state index < -0.39 is 88.2 Å². The van der Waals surface area contributed by atoms with Crippen LogP contribution in [0.3, 0.4) is 0 Å². The molecule has 21 nitrogen and oxygen atoms in total. The number of hydrogen-bond donors (Lipinski definition) is 5. The number of ether oxygens (including phenoxy) is 2. The Morgan fingerprint density at radius 3 is 1.88 bits per heavy atom. The lowest BCUT2D eigenvalue weighted by molar-refractivity contribution is -0.235. The number of rotatable bonds is 15. The van der Waals surface area contributed by atoms with E-state index in [2.05, 4.69) is 14.5 Å². The van der Waals surface area contributed by atoms with Crippen molar-refractivity contribution in [1.82, 2.24) is 19.1 Å². The van der Waals surface area contributed by atoms with Gasteiger partial charge in [0.05, 0.1) is 25.4 Å². The highest BCUT2D eigenvalue weighted by Crippen LogP contribution is 2.47. The van der Waals surface area contributed by atoms with E-state index in [-0.39, 0.29) is 36.8 Å². The molecule has 48 heavy (non-hydrogen) atoms. The molecule has 0 aliphatic carbocycles. The summed E-state index contributed by atoms with van der Waals surface area (Å²) >= 11 is 0. The third kappa shape index (κ3) is 9.36. The number of aliphatic hydroxyl groups is 1. The summed E-state index contributed by atoms with van der Waals surface area (Å²) < 4.78 is 57.2. The molecule has 7 N–H and O–H groups in total. The lowest BCUT2D eigenvalue weighted by atomic mass is 10.2. The fraction of sp³-hybridized carbons (Fsp3) is 0.520. The number of hydrogen-bond acceptors (Lipinski definition) is 17. The molecule has 0 amide bonds. The molecule has 266 valence electrons. The predicted octanol–water partition coefficient (Wildman–Crippen LogP) is -2.95. The molecule has 2 aliphatic rings. The van der Waals surface area contributed by atoms with Gasteiger partial charge in [-0.2, -0.15) is 0 Å². The van der Waals surface area contributed by atoms with Crippen LogP contribution < -0.4 is 43.8 Å². The van der Waals surface area contributed by atoms with Gasteiger partial charge in [-0.05, 0) is 25.2 Å². The Hall–Kier alpha value is -3.46. The molecule has 4 heterocycles. The Morgan fingerprint density at radius 2 is 1.35 bits per heavy atom. The monoisotopic (exact) mass is 720 g/mol. The minimum absolute atomic E-state index is 0.0433. The van der Waals surface area contributed by atoms with Gasteiger partial charge in [0.25, 0.3) is 26.8 Å². The number of nitrogens with one attached hydrogen (secondary N) is 2. The van der Waals surface area contributed by atoms with Crippen LogP contribution in [-0.4, -0.2) is 68.9 Å². The van der Waals surface area contributed by atoms with Gasteiger partial charge in [0.2, 0.25) is 0 Å². The number of allylic oxidation sites excluding steroid dienone is 2. The van der Waals surface area contributed by atoms with E-state index in [0.29, 0.717) is 0 Å². The molecule has 0 bridgehead atoms. The molecule has 0 spiro atoms. The van der Waals surface area contributed by atoms with E-state index in [1.54, 1.807) is 0 Å². The predicted molar refractivity (Wildman–Crippen MR) is 159 cm³/mol. The third-order valence-corrected chi connectivity index (χ3v) is 9.22. The molecule has 2 aromatic heterocycles. The first-order chi connectivity index (χ1) is 22.7. The van der Waals surface area contributed by atoms with Gasteiger partial charge in [0, 0.05) is 43.5 Å². The third-order valence-electron chi connectivity index (χ3n) is 7.32. The molecule has 2 fully saturated rings. The molecule has 4 rings (SSSR count). The first-order valence-corrected chi connectivity index (χ1v) is 17.2. The van der Waals surface area contributed by atoms with Crippen LogP contribution in [0.2, 0.25) is 0 Å². The van der Waals surface area contributed by atoms with Crippen LogP contribution in [0.15, 0.2) is 56.1 Å². The fourth-order valence-corrected chi connectivity index (χ4v) is 6.29. The van der Waals surface area contributed by atoms with Crippen molar-refractivity contribution in [2.24, 2.45) is 11.5 Å². The smallest absolute Gasteiger partial charge is 0.330 e. The number of aliphatic hydroxyl groups excluding tert-OH is 1. The van der Waals surface area contributed by atoms with Crippen LogP contribution >= 0.6 is 15.6 Å². The van der Waals surface area contributed by atoms with Crippen molar-refractivity contribution >= 4 is 15.6 Å². The Balaban J connectivity index is 1.47. The zero-order valence-corrected chi connectivity index (χ0v) is 27.1. The van der Waals surface area contributed by atoms with E-state index in [9.17, 15) is 43.2 Å². The first-order valence-electron chi connectivity index (χ1n) is 14.2. The summed E-state index contributed by atoms with van der Waals surface area (Å²) in [4.78, 5) is 78.3. The highest BCUT2D eigenvalue weighted by atomic mass is 31.2. The molecule has 2 saturated heterocycles. The van der Waals surface area contributed by atoms with Gasteiger partial charge in [-0.3, -0.25) is 37.8 Å². The number of nitrogens with zero attached hydrogens (tertiary/aromatic N) is 2. The number of phosphoric ester groups is 2. The standard InChI is InChI=1S/C25H36N6O15P2/c1-41-47(37,38)42-13-19-17(9-21(45-19)31-11-15(5-3-7-27)23(34)29-25(31)36)46-48(39,40)43-12-18-16(32)8-20(44-18)30-10-14(4-2-6-26)22(33)28-24(30)35/h2-3,6-7,10-11,16-21,32H,4-5,8-9,12-13,26-27H2,1H3,(H,37,38)(H,39,40)(H,28,33,35)(H,29,34,36)/p-2/b6-2+,7-3+. The average molecular weight is 721 g/mol. The van der Waals surface area contributed by atoms with Gasteiger partial charge >= 0.3 is 11.4 Å². The van der Waals surface area contributed by atoms with E-state index in [1.807, 2.05) is 0 Å². The summed E-state index contributed by atoms with van der Waals surface area (Å²) in [6, 6.07) is 0. The SMILES string of the molecule is COP(=O)([O-])OCC1OC(n2cc(C/C=C/N)c(=O)[nH]c2=O)CC1OP(=O)([O-])OCC1OC(n2cc(C/C=C/N)c(=O)[nH]c2=O)CC1O. The van der Waals surface area contributed by atoms with Gasteiger partial charge in [-0.15, -0.1) is 0 Å². The van der Waals surface area contributed by atoms with Crippen molar-refractivity contribution in [2.45, 2.75) is 62.6 Å². The van der Waals surface area contributed by atoms with Crippen molar-refractivity contribution in [1.29, 1.82) is 0 Å². The highest BCUT2D eigenvalue weighted by Gasteiger charge is 2.42. The van der Waals surface area contributed by atoms with Crippen molar-refractivity contribution in [3.63, 3.8) is 0 Å². The number of nitrogens with two attached hydrogens (primary N) is 2. The Labute approximate surface area is 270 Å². The zero-order valence-electron chi connectivity index (χ0n) is 25.3. The van der Waals surface area contributed by atoms with Crippen LogP contribution in [-0.2, 0) is 49.5 Å². The van der Waals surface area contributed by atoms with Gasteiger partial charge in [-0.25, -0.2) is 9.59 Å². The second kappa shape index (κ2) is 15.8. The van der Waals surface area contributed by atoms with Crippen molar-refractivity contribution in [3.8, 4) is 0 Å². The van der Waals surface area contributed by atoms with Crippen molar-refractivity contribution in [2.75, 3.05) is 20.3 Å². The highest BCUT2D eigenvalue weighted by molar-refractivity contribution is 7.46. The molecule has 0 aromatic carbocycles. The summed E-state index contributed by atoms with van der Waals surface area (Å²) in [5.41, 5.74) is 7.85. The van der Waals surface area contributed by atoms with E-state index >= 15 is 0 Å². The second-order valence-electron chi connectivity index (χ2n) is 10.5. The molecular weight excluding hydrogens is 686 g/mol. The zero-order chi connectivity index (χ0) is 35.2. The van der Waals surface area contributed by atoms with Crippen LogP contribution in [0.25, 0.3) is 0 Å². The van der Waals surface area contributed by atoms with Crippen molar-refractivity contribution < 1.29 is 51.6 Å². The largest absolute Gasteiger partial charge is 0.756 e. The van der Waals surface area contributed by atoms with Crippen LogP contribution in [0, 0.1) is 0 Å². The number of aromatic nitrogens is 4. The Kier molecular flexibility index (Phi) is 12.3. The number of H-pyrrole nitrogens is 2. The lowest BCUT2D eigenvalue weighted by Gasteiger charge is -2.30. The summed E-state index contributed by atoms with van der Waals surface area (Å²) in [5.74, 6) is 0. The van der Waals surface area contributed by atoms with Gasteiger partial charge in [0.15, 0.2) is 0 Å². The molecule has 0 radical (unpaired) electrons. The summed E-state index contributed by atoms with van der Waals surface area (Å²) in [5, 5.41) is 10.5. The minimum atomic E-state index is -5.28. The topological polar surface area (TPSA) is 318 Å². The molecular formula is C25H34N6O15P2-2. The molecule has 2 aliphatic heterocycles. The maximum atomic E-state index is 12.9. The summed E-state index contributed by atoms with van der Waals surface area (Å²) in [6.07, 6.45) is -0.471. The maximum absolute atomic E-state index is 12.9. The molecule has 0 saturated carbocycles. The van der Waals surface area contributed by atoms with Crippen LogP contribution in [0.5, 0.6) is 0 Å². The quantitative estimate of drug-likeness (QED) is 0.115. The molecule has 23 heteroatoms. The number of phosphoric acid groups is 2. The normalized spacial score (nSPS) is 27.1. The summed E-state index contributed by atoms with van der Waals surface area (Å²) in [7, 11) is -9.25. The molecule has 8 unspecified atom stereocenters. The maximum Gasteiger partial charge on any atom is 0.330 e. The van der Waals surface area contributed by atoms with Gasteiger partial charge < -0.3 is 53.9 Å². The van der Waals surface area contributed by atoms with E-state index in [4.69, 9.17) is 34.5 Å². The van der Waals surface area contributed by atoms with Crippen molar-refractivity contribution in [3.05, 3.63) is 89.7 Å². The second-order valence-corrected chi connectivity index (χ2v) is 13.4. The first kappa shape index (κ1) is 37.4. The van der Waals surface area contributed by atoms with E-state index in [0.717, 1.165) is 16.2 Å². The van der Waals surface area contributed by atoms with Crippen LogP contribution in [0.4, 0.5) is 0 Å². The van der Waals surface area contributed by atoms with Crippen LogP contribution in [0.1, 0.15) is 36.4 Å². The van der Waals surface area contributed by atoms with Gasteiger partial charge in [0.1, 0.15) is 24.7 Å². The minimum Gasteiger partial charge on any atom is -0.756 e.